The van der Waals surface area contributed by atoms with Gasteiger partial charge in [-0.3, -0.25) is 0 Å². The minimum absolute atomic E-state index is 0.0843. The lowest BCUT2D eigenvalue weighted by atomic mass is 10.4. The maximum atomic E-state index is 11.2. The fourth-order valence-corrected chi connectivity index (χ4v) is 1.13. The lowest BCUT2D eigenvalue weighted by molar-refractivity contribution is -0.689. The molecule has 13 heavy (non-hydrogen) atoms. The second-order valence-electron chi connectivity index (χ2n) is 2.40. The molecule has 0 aliphatic rings. The minimum Gasteiger partial charge on any atom is -0.595 e. The normalized spacial score (nSPS) is 10.1. The van der Waals surface area contributed by atoms with Crippen LogP contribution in [0.4, 0.5) is 0 Å². The molecule has 0 bridgehead atoms. The summed E-state index contributed by atoms with van der Waals surface area (Å²) in [5, 5.41) is 10.9. The lowest BCUT2D eigenvalue weighted by Crippen LogP contribution is -2.35. The van der Waals surface area contributed by atoms with Crippen LogP contribution >= 0.6 is 11.6 Å². The largest absolute Gasteiger partial charge is 0.595 e. The van der Waals surface area contributed by atoms with Crippen molar-refractivity contribution in [2.45, 2.75) is 6.92 Å². The van der Waals surface area contributed by atoms with E-state index >= 15 is 0 Å². The standard InChI is InChI=1S/C7H9ClN2O3/c1-3-13-7(11)5-4-9(2)10(12)6(5)8/h4H,3H2,1-2H3. The Morgan fingerprint density at radius 2 is 2.46 bits per heavy atom. The van der Waals surface area contributed by atoms with Gasteiger partial charge in [0.05, 0.1) is 19.9 Å². The summed E-state index contributed by atoms with van der Waals surface area (Å²) in [6, 6.07) is 0. The van der Waals surface area contributed by atoms with Crippen molar-refractivity contribution < 1.29 is 14.4 Å². The van der Waals surface area contributed by atoms with Gasteiger partial charge in [0.2, 0.25) is 0 Å². The number of hydrogen-bond donors (Lipinski definition) is 0. The Morgan fingerprint density at radius 3 is 2.85 bits per heavy atom. The van der Waals surface area contributed by atoms with Crippen molar-refractivity contribution in [3.05, 3.63) is 22.1 Å². The van der Waals surface area contributed by atoms with Gasteiger partial charge >= 0.3 is 11.1 Å². The van der Waals surface area contributed by atoms with Crippen molar-refractivity contribution in [1.82, 2.24) is 4.68 Å². The quantitative estimate of drug-likeness (QED) is 0.400. The van der Waals surface area contributed by atoms with Gasteiger partial charge in [-0.2, -0.15) is 4.68 Å². The Hall–Kier alpha value is -1.23. The van der Waals surface area contributed by atoms with E-state index in [9.17, 15) is 10.0 Å². The van der Waals surface area contributed by atoms with E-state index in [4.69, 9.17) is 11.6 Å². The molecule has 0 unspecified atom stereocenters. The van der Waals surface area contributed by atoms with E-state index < -0.39 is 5.97 Å². The summed E-state index contributed by atoms with van der Waals surface area (Å²) >= 11 is 5.57. The molecule has 1 aromatic heterocycles. The van der Waals surface area contributed by atoms with E-state index in [-0.39, 0.29) is 17.3 Å². The van der Waals surface area contributed by atoms with Crippen LogP contribution in [-0.4, -0.2) is 17.3 Å². The van der Waals surface area contributed by atoms with Crippen molar-refractivity contribution >= 4 is 17.6 Å². The first-order chi connectivity index (χ1) is 6.07. The van der Waals surface area contributed by atoms with Crippen LogP contribution in [0, 0.1) is 5.21 Å². The first-order valence-electron chi connectivity index (χ1n) is 3.69. The third-order valence-electron chi connectivity index (χ3n) is 1.49. The van der Waals surface area contributed by atoms with Crippen LogP contribution in [0.1, 0.15) is 17.3 Å². The molecule has 0 aliphatic heterocycles. The summed E-state index contributed by atoms with van der Waals surface area (Å²) in [5.41, 5.74) is 0.0843. The SMILES string of the molecule is CCOC(=O)c1cn(C)[n+]([O-])c1Cl. The molecule has 6 heteroatoms. The fourth-order valence-electron chi connectivity index (χ4n) is 0.880. The number of rotatable bonds is 2. The summed E-state index contributed by atoms with van der Waals surface area (Å²) < 4.78 is 5.85. The summed E-state index contributed by atoms with van der Waals surface area (Å²) in [5.74, 6) is -0.585. The Labute approximate surface area is 80.0 Å². The van der Waals surface area contributed by atoms with Crippen molar-refractivity contribution in [3.63, 3.8) is 0 Å². The third-order valence-corrected chi connectivity index (χ3v) is 1.84. The highest BCUT2D eigenvalue weighted by molar-refractivity contribution is 6.31. The molecular formula is C7H9ClN2O3. The number of carbonyl (C=O) groups is 1. The highest BCUT2D eigenvalue weighted by Gasteiger charge is 2.22. The van der Waals surface area contributed by atoms with Crippen LogP contribution in [-0.2, 0) is 11.8 Å². The molecule has 72 valence electrons. The number of hydrogen-bond acceptors (Lipinski definition) is 3. The Kier molecular flexibility index (Phi) is 2.77. The molecule has 0 radical (unpaired) electrons. The van der Waals surface area contributed by atoms with Crippen LogP contribution in [0.15, 0.2) is 6.20 Å². The topological polar surface area (TPSA) is 58.2 Å². The van der Waals surface area contributed by atoms with Crippen LogP contribution < -0.4 is 4.85 Å². The van der Waals surface area contributed by atoms with Crippen molar-refractivity contribution in [3.8, 4) is 0 Å². The Morgan fingerprint density at radius 1 is 1.85 bits per heavy atom. The van der Waals surface area contributed by atoms with Crippen LogP contribution in [0.3, 0.4) is 0 Å². The highest BCUT2D eigenvalue weighted by Crippen LogP contribution is 2.11. The van der Waals surface area contributed by atoms with Gasteiger partial charge in [-0.25, -0.2) is 4.79 Å². The second kappa shape index (κ2) is 3.66. The molecule has 0 saturated heterocycles. The van der Waals surface area contributed by atoms with Gasteiger partial charge in [-0.15, -0.1) is 0 Å². The van der Waals surface area contributed by atoms with E-state index in [1.807, 2.05) is 0 Å². The van der Waals surface area contributed by atoms with Gasteiger partial charge in [0.1, 0.15) is 0 Å². The molecule has 5 nitrogen and oxygen atoms in total. The molecule has 1 aromatic rings. The van der Waals surface area contributed by atoms with E-state index in [1.165, 1.54) is 13.2 Å². The maximum Gasteiger partial charge on any atom is 0.347 e. The zero-order valence-corrected chi connectivity index (χ0v) is 8.04. The summed E-state index contributed by atoms with van der Waals surface area (Å²) in [4.78, 5) is 11.6. The molecular weight excluding hydrogens is 196 g/mol. The zero-order valence-electron chi connectivity index (χ0n) is 7.28. The zero-order chi connectivity index (χ0) is 10.0. The summed E-state index contributed by atoms with van der Waals surface area (Å²) in [7, 11) is 1.49. The van der Waals surface area contributed by atoms with Crippen molar-refractivity contribution in [2.24, 2.45) is 7.05 Å². The van der Waals surface area contributed by atoms with Gasteiger partial charge in [0.25, 0.3) is 0 Å². The number of esters is 1. The van der Waals surface area contributed by atoms with Crippen LogP contribution in [0.5, 0.6) is 0 Å². The molecule has 1 rings (SSSR count). The van der Waals surface area contributed by atoms with E-state index in [2.05, 4.69) is 4.74 Å². The number of halogens is 1. The predicted octanol–water partition coefficient (Wildman–Crippen LogP) is 0.489. The molecule has 0 aromatic carbocycles. The van der Waals surface area contributed by atoms with E-state index in [0.29, 0.717) is 4.85 Å². The molecule has 1 heterocycles. The van der Waals surface area contributed by atoms with Crippen LogP contribution in [0.25, 0.3) is 0 Å². The van der Waals surface area contributed by atoms with Crippen LogP contribution in [0.2, 0.25) is 5.15 Å². The Bertz CT molecular complexity index is 335. The van der Waals surface area contributed by atoms with Gasteiger partial charge in [-0.1, -0.05) is 4.85 Å². The molecule has 0 aliphatic carbocycles. The van der Waals surface area contributed by atoms with E-state index in [0.717, 1.165) is 4.68 Å². The number of ether oxygens (including phenoxy) is 1. The first kappa shape index (κ1) is 9.85. The molecule has 0 atom stereocenters. The predicted molar refractivity (Wildman–Crippen MR) is 45.3 cm³/mol. The fraction of sp³-hybridized carbons (Fsp3) is 0.429. The monoisotopic (exact) mass is 204 g/mol. The summed E-state index contributed by atoms with van der Waals surface area (Å²) in [6.45, 7) is 1.93. The average Bonchev–Trinajstić information content (AvgIpc) is 2.33. The summed E-state index contributed by atoms with van der Waals surface area (Å²) in [6.07, 6.45) is 1.33. The van der Waals surface area contributed by atoms with Gasteiger partial charge in [-0.05, 0) is 18.5 Å². The second-order valence-corrected chi connectivity index (χ2v) is 2.76. The van der Waals surface area contributed by atoms with Crippen molar-refractivity contribution in [2.75, 3.05) is 6.61 Å². The Balaban J connectivity index is 3.01. The minimum atomic E-state index is -0.585. The highest BCUT2D eigenvalue weighted by atomic mass is 35.5. The molecule has 0 fully saturated rings. The number of nitrogens with zero attached hydrogens (tertiary/aromatic N) is 2. The smallest absolute Gasteiger partial charge is 0.347 e. The van der Waals surface area contributed by atoms with E-state index in [1.54, 1.807) is 6.92 Å². The number of carbonyl (C=O) groups excluding carboxylic acids is 1. The number of aryl methyl sites for hydroxylation is 1. The molecule has 0 N–H and O–H groups in total. The average molecular weight is 205 g/mol. The number of aromatic nitrogens is 2. The van der Waals surface area contributed by atoms with Gasteiger partial charge in [0, 0.05) is 0 Å². The maximum absolute atomic E-state index is 11.2. The van der Waals surface area contributed by atoms with Gasteiger partial charge in [0.15, 0.2) is 5.56 Å². The third kappa shape index (κ3) is 1.75. The molecule has 0 saturated carbocycles. The molecule has 0 spiro atoms. The molecule has 0 amide bonds. The van der Waals surface area contributed by atoms with Gasteiger partial charge < -0.3 is 9.94 Å². The first-order valence-corrected chi connectivity index (χ1v) is 4.07. The van der Waals surface area contributed by atoms with Crippen molar-refractivity contribution in [1.29, 1.82) is 0 Å². The lowest BCUT2D eigenvalue weighted by Gasteiger charge is -1.96.